The molecule has 2 unspecified atom stereocenters. The number of carbonyl (C=O) groups excluding carboxylic acids is 2. The van der Waals surface area contributed by atoms with Crippen molar-refractivity contribution in [2.24, 2.45) is 0 Å². The number of hydrogen-bond donors (Lipinski definition) is 1. The third kappa shape index (κ3) is 3.34. The van der Waals surface area contributed by atoms with Crippen LogP contribution in [0.1, 0.15) is 46.4 Å². The van der Waals surface area contributed by atoms with Crippen molar-refractivity contribution in [1.29, 1.82) is 0 Å². The molecular formula is C22H21ClN6O3. The maximum Gasteiger partial charge on any atom is 0.255 e. The Kier molecular flexibility index (Phi) is 4.94. The second kappa shape index (κ2) is 7.68. The molecule has 1 fully saturated rings. The molecule has 0 aromatic carbocycles. The van der Waals surface area contributed by atoms with Crippen molar-refractivity contribution in [3.05, 3.63) is 64.2 Å². The fourth-order valence-electron chi connectivity index (χ4n) is 4.33. The number of aliphatic hydroxyl groups excluding tert-OH is 1. The molecule has 0 radical (unpaired) electrons. The molecule has 0 spiro atoms. The first-order chi connectivity index (χ1) is 15.3. The van der Waals surface area contributed by atoms with E-state index in [1.165, 1.54) is 11.1 Å². The largest absolute Gasteiger partial charge is 0.391 e. The van der Waals surface area contributed by atoms with Crippen LogP contribution in [-0.4, -0.2) is 54.2 Å². The lowest BCUT2D eigenvalue weighted by molar-refractivity contribution is -0.117. The Balaban J connectivity index is 1.43. The number of aryl methyl sites for hydroxylation is 1. The van der Waals surface area contributed by atoms with Crippen molar-refractivity contribution in [2.45, 2.75) is 39.0 Å². The molecule has 5 rings (SSSR count). The van der Waals surface area contributed by atoms with Gasteiger partial charge >= 0.3 is 0 Å². The first-order valence-corrected chi connectivity index (χ1v) is 10.7. The number of aromatic nitrogens is 4. The zero-order valence-electron chi connectivity index (χ0n) is 17.6. The number of pyridine rings is 2. The number of hydrogen-bond acceptors (Lipinski definition) is 6. The molecule has 164 valence electrons. The summed E-state index contributed by atoms with van der Waals surface area (Å²) in [6, 6.07) is 3.42. The molecule has 10 heteroatoms. The summed E-state index contributed by atoms with van der Waals surface area (Å²) in [5, 5.41) is 14.6. The zero-order valence-corrected chi connectivity index (χ0v) is 18.3. The number of rotatable bonds is 4. The van der Waals surface area contributed by atoms with E-state index in [9.17, 15) is 14.7 Å². The third-order valence-electron chi connectivity index (χ3n) is 6.00. The average Bonchev–Trinajstić information content (AvgIpc) is 3.44. The first-order valence-electron chi connectivity index (χ1n) is 10.3. The van der Waals surface area contributed by atoms with E-state index in [2.05, 4.69) is 15.1 Å². The van der Waals surface area contributed by atoms with Gasteiger partial charge in [0.2, 0.25) is 5.91 Å². The maximum atomic E-state index is 13.2. The first kappa shape index (κ1) is 20.6. The number of β-amino-alcohol motifs (C(OH)–C–C–N with tert-alkyl or cyclic N) is 1. The molecule has 1 N–H and O–H groups in total. The number of halogens is 1. The fourth-order valence-corrected chi connectivity index (χ4v) is 4.46. The van der Waals surface area contributed by atoms with Crippen LogP contribution in [0.3, 0.4) is 0 Å². The Hall–Kier alpha value is -3.30. The van der Waals surface area contributed by atoms with Gasteiger partial charge in [-0.05, 0) is 37.1 Å². The number of aliphatic hydroxyl groups is 1. The predicted octanol–water partition coefficient (Wildman–Crippen LogP) is 2.44. The van der Waals surface area contributed by atoms with Crippen LogP contribution < -0.4 is 4.90 Å². The molecule has 1 saturated heterocycles. The van der Waals surface area contributed by atoms with Gasteiger partial charge in [-0.3, -0.25) is 14.5 Å². The van der Waals surface area contributed by atoms with E-state index in [0.717, 1.165) is 11.1 Å². The van der Waals surface area contributed by atoms with Gasteiger partial charge in [0, 0.05) is 23.5 Å². The van der Waals surface area contributed by atoms with Gasteiger partial charge in [-0.15, -0.1) is 0 Å². The van der Waals surface area contributed by atoms with Crippen LogP contribution >= 0.6 is 11.6 Å². The van der Waals surface area contributed by atoms with Gasteiger partial charge in [0.25, 0.3) is 5.91 Å². The van der Waals surface area contributed by atoms with E-state index < -0.39 is 6.10 Å². The van der Waals surface area contributed by atoms with Crippen LogP contribution in [0.15, 0.2) is 36.9 Å². The van der Waals surface area contributed by atoms with Crippen LogP contribution in [0, 0.1) is 6.92 Å². The Morgan fingerprint density at radius 2 is 2.03 bits per heavy atom. The summed E-state index contributed by atoms with van der Waals surface area (Å²) in [4.78, 5) is 37.6. The summed E-state index contributed by atoms with van der Waals surface area (Å²) in [6.07, 6.45) is 5.86. The number of anilines is 1. The van der Waals surface area contributed by atoms with Gasteiger partial charge in [0.15, 0.2) is 5.82 Å². The molecule has 2 amide bonds. The van der Waals surface area contributed by atoms with Crippen LogP contribution in [0.25, 0.3) is 5.82 Å². The van der Waals surface area contributed by atoms with Crippen molar-refractivity contribution in [2.75, 3.05) is 11.4 Å². The van der Waals surface area contributed by atoms with Crippen molar-refractivity contribution in [1.82, 2.24) is 24.6 Å². The number of nitrogens with zero attached hydrogens (tertiary/aromatic N) is 6. The lowest BCUT2D eigenvalue weighted by Crippen LogP contribution is -2.28. The topological polar surface area (TPSA) is 104 Å². The highest BCUT2D eigenvalue weighted by Crippen LogP contribution is 2.36. The highest BCUT2D eigenvalue weighted by Gasteiger charge is 2.38. The normalized spacial score (nSPS) is 19.1. The van der Waals surface area contributed by atoms with E-state index in [1.807, 2.05) is 19.9 Å². The molecule has 5 heterocycles. The van der Waals surface area contributed by atoms with Gasteiger partial charge in [-0.25, -0.2) is 14.6 Å². The molecule has 0 bridgehead atoms. The van der Waals surface area contributed by atoms with Gasteiger partial charge < -0.3 is 10.0 Å². The van der Waals surface area contributed by atoms with Crippen molar-refractivity contribution < 1.29 is 14.7 Å². The summed E-state index contributed by atoms with van der Waals surface area (Å²) >= 11 is 5.97. The Morgan fingerprint density at radius 1 is 1.22 bits per heavy atom. The number of carbonyl (C=O) groups is 2. The molecule has 0 saturated carbocycles. The maximum absolute atomic E-state index is 13.2. The molecule has 32 heavy (non-hydrogen) atoms. The summed E-state index contributed by atoms with van der Waals surface area (Å²) < 4.78 is 1.61. The molecule has 9 nitrogen and oxygen atoms in total. The van der Waals surface area contributed by atoms with Crippen LogP contribution in [-0.2, 0) is 11.3 Å². The molecule has 2 atom stereocenters. The molecular weight excluding hydrogens is 432 g/mol. The minimum Gasteiger partial charge on any atom is -0.391 e. The summed E-state index contributed by atoms with van der Waals surface area (Å²) in [7, 11) is 0. The number of fused-ring (bicyclic) bond motifs is 1. The van der Waals surface area contributed by atoms with E-state index in [-0.39, 0.29) is 30.8 Å². The van der Waals surface area contributed by atoms with Gasteiger partial charge in [-0.2, -0.15) is 5.10 Å². The van der Waals surface area contributed by atoms with Crippen molar-refractivity contribution in [3.63, 3.8) is 0 Å². The lowest BCUT2D eigenvalue weighted by atomic mass is 10.1. The van der Waals surface area contributed by atoms with Crippen LogP contribution in [0.2, 0.25) is 5.02 Å². The minimum absolute atomic E-state index is 0.0676. The van der Waals surface area contributed by atoms with E-state index in [0.29, 0.717) is 34.3 Å². The van der Waals surface area contributed by atoms with Gasteiger partial charge in [0.05, 0.1) is 49.1 Å². The summed E-state index contributed by atoms with van der Waals surface area (Å²) in [5.74, 6) is 0.809. The standard InChI is InChI=1S/C22H21ClN6O3/c1-12-5-14(7-25-20(12)29-9-15(23)8-26-29)13(2)27-11-18-17(22(27)32)3-4-24-21(18)28-10-16(30)6-19(28)31/h3-5,7-9,13,16,30H,6,10-11H2,1-2H3. The Labute approximate surface area is 189 Å². The van der Waals surface area contributed by atoms with E-state index >= 15 is 0 Å². The molecule has 3 aromatic heterocycles. The second-order valence-corrected chi connectivity index (χ2v) is 8.58. The third-order valence-corrected chi connectivity index (χ3v) is 6.20. The smallest absolute Gasteiger partial charge is 0.255 e. The summed E-state index contributed by atoms with van der Waals surface area (Å²) in [6.45, 7) is 4.39. The molecule has 2 aliphatic heterocycles. The van der Waals surface area contributed by atoms with Crippen molar-refractivity contribution >= 4 is 29.2 Å². The second-order valence-electron chi connectivity index (χ2n) is 8.14. The average molecular weight is 453 g/mol. The quantitative estimate of drug-likeness (QED) is 0.652. The van der Waals surface area contributed by atoms with Crippen molar-refractivity contribution in [3.8, 4) is 5.82 Å². The van der Waals surface area contributed by atoms with E-state index in [1.54, 1.807) is 34.2 Å². The lowest BCUT2D eigenvalue weighted by Gasteiger charge is -2.25. The zero-order chi connectivity index (χ0) is 22.6. The fraction of sp³-hybridized carbons (Fsp3) is 0.318. The van der Waals surface area contributed by atoms with E-state index in [4.69, 9.17) is 11.6 Å². The minimum atomic E-state index is -0.718. The Morgan fingerprint density at radius 3 is 2.69 bits per heavy atom. The predicted molar refractivity (Wildman–Crippen MR) is 117 cm³/mol. The molecule has 2 aliphatic rings. The highest BCUT2D eigenvalue weighted by molar-refractivity contribution is 6.30. The number of amides is 2. The molecule has 0 aliphatic carbocycles. The van der Waals surface area contributed by atoms with Crippen LogP contribution in [0.5, 0.6) is 0 Å². The van der Waals surface area contributed by atoms with Crippen LogP contribution in [0.4, 0.5) is 5.82 Å². The van der Waals surface area contributed by atoms with Gasteiger partial charge in [0.1, 0.15) is 5.82 Å². The molecule has 3 aromatic rings. The monoisotopic (exact) mass is 452 g/mol. The SMILES string of the molecule is Cc1cc(C(C)N2Cc3c(ccnc3N3CC(O)CC3=O)C2=O)cnc1-n1cc(Cl)cn1. The highest BCUT2D eigenvalue weighted by atomic mass is 35.5. The Bertz CT molecular complexity index is 1240. The summed E-state index contributed by atoms with van der Waals surface area (Å²) in [5.41, 5.74) is 3.02. The van der Waals surface area contributed by atoms with Gasteiger partial charge in [-0.1, -0.05) is 11.6 Å².